The molecule has 0 bridgehead atoms. The zero-order valence-corrected chi connectivity index (χ0v) is 9.86. The van der Waals surface area contributed by atoms with E-state index in [4.69, 9.17) is 11.6 Å². The number of oxime groups is 1. The maximum atomic E-state index is 11.2. The van der Waals surface area contributed by atoms with Crippen molar-refractivity contribution in [1.82, 2.24) is 5.32 Å². The summed E-state index contributed by atoms with van der Waals surface area (Å²) in [5, 5.41) is 6.13. The van der Waals surface area contributed by atoms with Gasteiger partial charge in [-0.05, 0) is 19.4 Å². The Morgan fingerprint density at radius 1 is 1.44 bits per heavy atom. The molecule has 0 fully saturated rings. The van der Waals surface area contributed by atoms with Crippen molar-refractivity contribution in [3.63, 3.8) is 0 Å². The summed E-state index contributed by atoms with van der Waals surface area (Å²) in [5.41, 5.74) is 0.992. The lowest BCUT2D eigenvalue weighted by molar-refractivity contribution is 0.147. The molecule has 0 saturated heterocycles. The van der Waals surface area contributed by atoms with Crippen LogP contribution in [0.2, 0.25) is 0 Å². The van der Waals surface area contributed by atoms with Gasteiger partial charge < -0.3 is 5.32 Å². The average molecular weight is 241 g/mol. The van der Waals surface area contributed by atoms with Crippen LogP contribution in [0.4, 0.5) is 4.79 Å². The van der Waals surface area contributed by atoms with Crippen LogP contribution in [0.3, 0.4) is 0 Å². The SMILES string of the molecule is CC(Cl)=NOC(=O)N[C@@H](C)c1ccccc1. The summed E-state index contributed by atoms with van der Waals surface area (Å²) in [4.78, 5) is 15.7. The first-order valence-electron chi connectivity index (χ1n) is 4.82. The first-order valence-corrected chi connectivity index (χ1v) is 5.20. The van der Waals surface area contributed by atoms with Crippen molar-refractivity contribution in [3.05, 3.63) is 35.9 Å². The van der Waals surface area contributed by atoms with E-state index in [2.05, 4.69) is 15.3 Å². The summed E-state index contributed by atoms with van der Waals surface area (Å²) in [6.45, 7) is 3.38. The Bertz CT molecular complexity index is 375. The zero-order valence-electron chi connectivity index (χ0n) is 9.11. The minimum absolute atomic E-state index is 0.139. The summed E-state index contributed by atoms with van der Waals surface area (Å²) in [6, 6.07) is 9.41. The molecule has 5 heteroatoms. The minimum Gasteiger partial charge on any atom is -0.313 e. The van der Waals surface area contributed by atoms with E-state index in [9.17, 15) is 4.79 Å². The Hall–Kier alpha value is -1.55. The number of hydrogen-bond donors (Lipinski definition) is 1. The number of carbonyl (C=O) groups excluding carboxylic acids is 1. The van der Waals surface area contributed by atoms with Gasteiger partial charge in [0.25, 0.3) is 0 Å². The van der Waals surface area contributed by atoms with Crippen LogP contribution in [0.5, 0.6) is 0 Å². The Labute approximate surface area is 99.2 Å². The predicted molar refractivity (Wildman–Crippen MR) is 63.4 cm³/mol. The molecule has 1 N–H and O–H groups in total. The van der Waals surface area contributed by atoms with Gasteiger partial charge in [0, 0.05) is 0 Å². The summed E-state index contributed by atoms with van der Waals surface area (Å²) in [7, 11) is 0. The van der Waals surface area contributed by atoms with E-state index in [0.717, 1.165) is 5.56 Å². The maximum Gasteiger partial charge on any atom is 0.433 e. The van der Waals surface area contributed by atoms with Gasteiger partial charge in [0.15, 0.2) is 0 Å². The van der Waals surface area contributed by atoms with Gasteiger partial charge >= 0.3 is 6.09 Å². The van der Waals surface area contributed by atoms with E-state index in [-0.39, 0.29) is 11.2 Å². The molecular formula is C11H13ClN2O2. The van der Waals surface area contributed by atoms with Crippen LogP contribution in [-0.4, -0.2) is 11.3 Å². The van der Waals surface area contributed by atoms with E-state index in [1.54, 1.807) is 0 Å². The fraction of sp³-hybridized carbons (Fsp3) is 0.273. The Kier molecular flexibility index (Phi) is 4.79. The molecule has 0 aliphatic rings. The Morgan fingerprint density at radius 3 is 2.62 bits per heavy atom. The molecule has 0 saturated carbocycles. The smallest absolute Gasteiger partial charge is 0.313 e. The molecule has 0 aromatic heterocycles. The highest BCUT2D eigenvalue weighted by Gasteiger charge is 2.09. The van der Waals surface area contributed by atoms with E-state index >= 15 is 0 Å². The monoisotopic (exact) mass is 240 g/mol. The van der Waals surface area contributed by atoms with Crippen LogP contribution in [0.1, 0.15) is 25.5 Å². The van der Waals surface area contributed by atoms with Crippen molar-refractivity contribution in [2.24, 2.45) is 5.16 Å². The minimum atomic E-state index is -0.628. The van der Waals surface area contributed by atoms with Gasteiger partial charge in [0.1, 0.15) is 5.17 Å². The zero-order chi connectivity index (χ0) is 12.0. The van der Waals surface area contributed by atoms with Gasteiger partial charge in [-0.25, -0.2) is 4.79 Å². The van der Waals surface area contributed by atoms with Gasteiger partial charge in [-0.1, -0.05) is 47.1 Å². The summed E-state index contributed by atoms with van der Waals surface area (Å²) in [5.74, 6) is 0. The van der Waals surface area contributed by atoms with Crippen LogP contribution in [0.15, 0.2) is 35.5 Å². The van der Waals surface area contributed by atoms with Crippen molar-refractivity contribution in [1.29, 1.82) is 0 Å². The number of nitrogens with one attached hydrogen (secondary N) is 1. The van der Waals surface area contributed by atoms with Crippen LogP contribution in [0, 0.1) is 0 Å². The number of benzene rings is 1. The van der Waals surface area contributed by atoms with Crippen LogP contribution >= 0.6 is 11.6 Å². The molecule has 0 heterocycles. The van der Waals surface area contributed by atoms with Crippen molar-refractivity contribution < 1.29 is 9.63 Å². The van der Waals surface area contributed by atoms with E-state index in [1.165, 1.54) is 6.92 Å². The highest BCUT2D eigenvalue weighted by Crippen LogP contribution is 2.10. The molecule has 0 aliphatic heterocycles. The third-order valence-electron chi connectivity index (χ3n) is 1.89. The normalized spacial score (nSPS) is 13.1. The highest BCUT2D eigenvalue weighted by atomic mass is 35.5. The molecule has 1 rings (SSSR count). The van der Waals surface area contributed by atoms with Crippen LogP contribution in [-0.2, 0) is 4.84 Å². The number of carbonyl (C=O) groups is 1. The first-order chi connectivity index (χ1) is 7.59. The van der Waals surface area contributed by atoms with Crippen LogP contribution in [0.25, 0.3) is 0 Å². The lowest BCUT2D eigenvalue weighted by Gasteiger charge is -2.12. The standard InChI is InChI=1S/C11H13ClN2O2/c1-8(10-6-4-3-5-7-10)13-11(15)16-14-9(2)12/h3-8H,1-2H3,(H,13,15)/t8-/m0/s1. The van der Waals surface area contributed by atoms with E-state index in [0.29, 0.717) is 0 Å². The van der Waals surface area contributed by atoms with Crippen molar-refractivity contribution in [2.45, 2.75) is 19.9 Å². The van der Waals surface area contributed by atoms with Gasteiger partial charge in [-0.15, -0.1) is 0 Å². The molecule has 0 aliphatic carbocycles. The molecule has 0 spiro atoms. The second kappa shape index (κ2) is 6.12. The van der Waals surface area contributed by atoms with Gasteiger partial charge in [-0.3, -0.25) is 4.84 Å². The molecule has 16 heavy (non-hydrogen) atoms. The molecule has 1 amide bonds. The lowest BCUT2D eigenvalue weighted by atomic mass is 10.1. The first kappa shape index (κ1) is 12.5. The topological polar surface area (TPSA) is 50.7 Å². The van der Waals surface area contributed by atoms with E-state index in [1.807, 2.05) is 37.3 Å². The summed E-state index contributed by atoms with van der Waals surface area (Å²) in [6.07, 6.45) is -0.628. The second-order valence-electron chi connectivity index (χ2n) is 3.24. The van der Waals surface area contributed by atoms with Gasteiger partial charge in [0.2, 0.25) is 0 Å². The van der Waals surface area contributed by atoms with Crippen molar-refractivity contribution in [3.8, 4) is 0 Å². The number of halogens is 1. The van der Waals surface area contributed by atoms with Gasteiger partial charge in [0.05, 0.1) is 6.04 Å². The fourth-order valence-electron chi connectivity index (χ4n) is 1.13. The number of amides is 1. The number of hydrogen-bond acceptors (Lipinski definition) is 3. The maximum absolute atomic E-state index is 11.2. The molecule has 0 unspecified atom stereocenters. The molecule has 86 valence electrons. The summed E-state index contributed by atoms with van der Waals surface area (Å²) < 4.78 is 0. The molecule has 1 atom stereocenters. The Morgan fingerprint density at radius 2 is 2.06 bits per heavy atom. The largest absolute Gasteiger partial charge is 0.433 e. The average Bonchev–Trinajstić information content (AvgIpc) is 2.27. The Balaban J connectivity index is 2.49. The lowest BCUT2D eigenvalue weighted by Crippen LogP contribution is -2.26. The van der Waals surface area contributed by atoms with Crippen LogP contribution < -0.4 is 5.32 Å². The highest BCUT2D eigenvalue weighted by molar-refractivity contribution is 6.64. The number of rotatable bonds is 3. The predicted octanol–water partition coefficient (Wildman–Crippen LogP) is 3.05. The molecule has 1 aromatic carbocycles. The van der Waals surface area contributed by atoms with Gasteiger partial charge in [-0.2, -0.15) is 0 Å². The fourth-order valence-corrected chi connectivity index (χ4v) is 1.17. The van der Waals surface area contributed by atoms with E-state index < -0.39 is 6.09 Å². The van der Waals surface area contributed by atoms with Crippen molar-refractivity contribution >= 4 is 22.9 Å². The number of nitrogens with zero attached hydrogens (tertiary/aromatic N) is 1. The van der Waals surface area contributed by atoms with Crippen molar-refractivity contribution in [2.75, 3.05) is 0 Å². The summed E-state index contributed by atoms with van der Waals surface area (Å²) >= 11 is 5.42. The molecular weight excluding hydrogens is 228 g/mol. The molecule has 1 aromatic rings. The molecule has 4 nitrogen and oxygen atoms in total. The molecule has 0 radical (unpaired) electrons. The third kappa shape index (κ3) is 4.31. The second-order valence-corrected chi connectivity index (χ2v) is 3.79. The quantitative estimate of drug-likeness (QED) is 0.502. The third-order valence-corrected chi connectivity index (χ3v) is 1.96.